The molecule has 1 heterocycles. The average Bonchev–Trinajstić information content (AvgIpc) is 2.70. The first-order chi connectivity index (χ1) is 12.7. The molecule has 0 aliphatic carbocycles. The van der Waals surface area contributed by atoms with Crippen molar-refractivity contribution in [3.63, 3.8) is 0 Å². The molecule has 2 N–H and O–H groups in total. The number of carbonyl (C=O) groups is 2. The SMILES string of the molecule is COc1ccc(C(=O)Nc2ccc(NC(=O)c3ccccc3)nc2)cc1. The Hall–Kier alpha value is -3.67. The summed E-state index contributed by atoms with van der Waals surface area (Å²) in [6.07, 6.45) is 1.49. The number of nitrogens with zero attached hydrogens (tertiary/aromatic N) is 1. The third-order valence-electron chi connectivity index (χ3n) is 3.65. The average molecular weight is 347 g/mol. The molecule has 0 radical (unpaired) electrons. The zero-order valence-corrected chi connectivity index (χ0v) is 14.1. The molecule has 0 aliphatic heterocycles. The van der Waals surface area contributed by atoms with Crippen molar-refractivity contribution in [3.8, 4) is 5.75 Å². The standard InChI is InChI=1S/C20H17N3O3/c1-26-17-10-7-15(8-11-17)19(24)22-16-9-12-18(21-13-16)23-20(25)14-5-3-2-4-6-14/h2-13H,1H3,(H,22,24)(H,21,23,25). The van der Waals surface area contributed by atoms with Crippen molar-refractivity contribution >= 4 is 23.3 Å². The van der Waals surface area contributed by atoms with Gasteiger partial charge >= 0.3 is 0 Å². The Balaban J connectivity index is 1.62. The maximum atomic E-state index is 12.2. The van der Waals surface area contributed by atoms with Crippen LogP contribution >= 0.6 is 0 Å². The zero-order chi connectivity index (χ0) is 18.4. The van der Waals surface area contributed by atoms with Crippen LogP contribution in [-0.4, -0.2) is 23.9 Å². The number of anilines is 2. The fraction of sp³-hybridized carbons (Fsp3) is 0.0500. The normalized spacial score (nSPS) is 10.0. The molecule has 0 fully saturated rings. The van der Waals surface area contributed by atoms with Gasteiger partial charge in [-0.05, 0) is 48.5 Å². The van der Waals surface area contributed by atoms with Gasteiger partial charge in [0.2, 0.25) is 0 Å². The second kappa shape index (κ2) is 7.94. The van der Waals surface area contributed by atoms with Crippen molar-refractivity contribution in [2.75, 3.05) is 17.7 Å². The lowest BCUT2D eigenvalue weighted by Gasteiger charge is -2.08. The van der Waals surface area contributed by atoms with Gasteiger partial charge in [-0.25, -0.2) is 4.98 Å². The first kappa shape index (κ1) is 17.2. The van der Waals surface area contributed by atoms with E-state index in [9.17, 15) is 9.59 Å². The molecule has 0 atom stereocenters. The quantitative estimate of drug-likeness (QED) is 0.739. The fourth-order valence-electron chi connectivity index (χ4n) is 2.27. The summed E-state index contributed by atoms with van der Waals surface area (Å²) >= 11 is 0. The predicted octanol–water partition coefficient (Wildman–Crippen LogP) is 3.59. The summed E-state index contributed by atoms with van der Waals surface area (Å²) in [4.78, 5) is 28.4. The highest BCUT2D eigenvalue weighted by atomic mass is 16.5. The van der Waals surface area contributed by atoms with Crippen LogP contribution in [-0.2, 0) is 0 Å². The van der Waals surface area contributed by atoms with Gasteiger partial charge in [-0.2, -0.15) is 0 Å². The molecule has 0 saturated heterocycles. The first-order valence-corrected chi connectivity index (χ1v) is 7.93. The summed E-state index contributed by atoms with van der Waals surface area (Å²) in [7, 11) is 1.57. The lowest BCUT2D eigenvalue weighted by molar-refractivity contribution is 0.101. The van der Waals surface area contributed by atoms with Crippen LogP contribution in [0, 0.1) is 0 Å². The number of aromatic nitrogens is 1. The Labute approximate surface area is 150 Å². The van der Waals surface area contributed by atoms with Crippen molar-refractivity contribution in [3.05, 3.63) is 84.1 Å². The van der Waals surface area contributed by atoms with Gasteiger partial charge < -0.3 is 15.4 Å². The molecule has 6 heteroatoms. The predicted molar refractivity (Wildman–Crippen MR) is 99.6 cm³/mol. The van der Waals surface area contributed by atoms with Crippen molar-refractivity contribution < 1.29 is 14.3 Å². The lowest BCUT2D eigenvalue weighted by atomic mass is 10.2. The molecule has 0 saturated carbocycles. The van der Waals surface area contributed by atoms with Gasteiger partial charge in [0.1, 0.15) is 11.6 Å². The van der Waals surface area contributed by atoms with Crippen LogP contribution in [0.3, 0.4) is 0 Å². The summed E-state index contributed by atoms with van der Waals surface area (Å²) in [5.41, 5.74) is 1.59. The van der Waals surface area contributed by atoms with Crippen LogP contribution in [0.1, 0.15) is 20.7 Å². The minimum atomic E-state index is -0.254. The van der Waals surface area contributed by atoms with E-state index in [-0.39, 0.29) is 11.8 Å². The summed E-state index contributed by atoms with van der Waals surface area (Å²) in [6.45, 7) is 0. The van der Waals surface area contributed by atoms with Crippen LogP contribution in [0.25, 0.3) is 0 Å². The second-order valence-electron chi connectivity index (χ2n) is 5.43. The number of pyridine rings is 1. The lowest BCUT2D eigenvalue weighted by Crippen LogP contribution is -2.14. The van der Waals surface area contributed by atoms with Gasteiger partial charge in [-0.1, -0.05) is 18.2 Å². The highest BCUT2D eigenvalue weighted by Gasteiger charge is 2.08. The van der Waals surface area contributed by atoms with Crippen LogP contribution in [0.15, 0.2) is 72.9 Å². The first-order valence-electron chi connectivity index (χ1n) is 7.93. The molecule has 0 bridgehead atoms. The molecule has 3 aromatic rings. The largest absolute Gasteiger partial charge is 0.497 e. The van der Waals surface area contributed by atoms with Crippen molar-refractivity contribution in [2.45, 2.75) is 0 Å². The number of rotatable bonds is 5. The zero-order valence-electron chi connectivity index (χ0n) is 14.1. The number of ether oxygens (including phenoxy) is 1. The minimum Gasteiger partial charge on any atom is -0.497 e. The minimum absolute atomic E-state index is 0.242. The molecule has 3 rings (SSSR count). The number of hydrogen-bond donors (Lipinski definition) is 2. The summed E-state index contributed by atoms with van der Waals surface area (Å²) < 4.78 is 5.07. The van der Waals surface area contributed by atoms with Crippen molar-refractivity contribution in [2.24, 2.45) is 0 Å². The van der Waals surface area contributed by atoms with Crippen molar-refractivity contribution in [1.29, 1.82) is 0 Å². The van der Waals surface area contributed by atoms with Gasteiger partial charge in [0.25, 0.3) is 11.8 Å². The molecule has 130 valence electrons. The monoisotopic (exact) mass is 347 g/mol. The van der Waals surface area contributed by atoms with Gasteiger partial charge in [0.05, 0.1) is 19.0 Å². The van der Waals surface area contributed by atoms with Gasteiger partial charge in [-0.15, -0.1) is 0 Å². The topological polar surface area (TPSA) is 80.3 Å². The molecule has 2 amide bonds. The van der Waals surface area contributed by atoms with Crippen LogP contribution in [0.5, 0.6) is 5.75 Å². The maximum Gasteiger partial charge on any atom is 0.256 e. The molecular formula is C20H17N3O3. The fourth-order valence-corrected chi connectivity index (χ4v) is 2.27. The van der Waals surface area contributed by atoms with Crippen molar-refractivity contribution in [1.82, 2.24) is 4.98 Å². The van der Waals surface area contributed by atoms with E-state index in [0.717, 1.165) is 0 Å². The van der Waals surface area contributed by atoms with Crippen LogP contribution in [0.2, 0.25) is 0 Å². The van der Waals surface area contributed by atoms with Crippen LogP contribution < -0.4 is 15.4 Å². The van der Waals surface area contributed by atoms with Crippen LogP contribution in [0.4, 0.5) is 11.5 Å². The Bertz CT molecular complexity index is 892. The summed E-state index contributed by atoms with van der Waals surface area (Å²) in [5, 5.41) is 5.46. The molecule has 0 aliphatic rings. The second-order valence-corrected chi connectivity index (χ2v) is 5.43. The molecule has 0 spiro atoms. The highest BCUT2D eigenvalue weighted by molar-refractivity contribution is 6.05. The maximum absolute atomic E-state index is 12.2. The van der Waals surface area contributed by atoms with E-state index in [1.807, 2.05) is 6.07 Å². The molecular weight excluding hydrogens is 330 g/mol. The molecule has 1 aromatic heterocycles. The van der Waals surface area contributed by atoms with E-state index in [0.29, 0.717) is 28.4 Å². The van der Waals surface area contributed by atoms with E-state index in [1.165, 1.54) is 6.20 Å². The van der Waals surface area contributed by atoms with E-state index in [2.05, 4.69) is 15.6 Å². The van der Waals surface area contributed by atoms with Gasteiger partial charge in [0, 0.05) is 11.1 Å². The number of nitrogens with one attached hydrogen (secondary N) is 2. The molecule has 26 heavy (non-hydrogen) atoms. The highest BCUT2D eigenvalue weighted by Crippen LogP contribution is 2.15. The smallest absolute Gasteiger partial charge is 0.256 e. The molecule has 0 unspecified atom stereocenters. The number of benzene rings is 2. The Morgan fingerprint density at radius 1 is 0.808 bits per heavy atom. The molecule has 2 aromatic carbocycles. The Morgan fingerprint density at radius 2 is 1.46 bits per heavy atom. The summed E-state index contributed by atoms with van der Waals surface area (Å²) in [5.74, 6) is 0.590. The van der Waals surface area contributed by atoms with E-state index in [4.69, 9.17) is 4.74 Å². The third-order valence-corrected chi connectivity index (χ3v) is 3.65. The Kier molecular flexibility index (Phi) is 5.24. The van der Waals surface area contributed by atoms with E-state index >= 15 is 0 Å². The summed E-state index contributed by atoms with van der Waals surface area (Å²) in [6, 6.07) is 19.0. The number of hydrogen-bond acceptors (Lipinski definition) is 4. The third kappa shape index (κ3) is 4.24. The number of carbonyl (C=O) groups excluding carboxylic acids is 2. The number of methoxy groups -OCH3 is 1. The van der Waals surface area contributed by atoms with E-state index < -0.39 is 0 Å². The van der Waals surface area contributed by atoms with Gasteiger partial charge in [0.15, 0.2) is 0 Å². The Morgan fingerprint density at radius 3 is 2.08 bits per heavy atom. The van der Waals surface area contributed by atoms with E-state index in [1.54, 1.807) is 67.8 Å². The number of amides is 2. The molecule has 6 nitrogen and oxygen atoms in total. The van der Waals surface area contributed by atoms with Gasteiger partial charge in [-0.3, -0.25) is 9.59 Å².